The summed E-state index contributed by atoms with van der Waals surface area (Å²) in [6.45, 7) is 0.541. The van der Waals surface area contributed by atoms with Crippen LogP contribution < -0.4 is 16.0 Å². The van der Waals surface area contributed by atoms with E-state index in [1.807, 2.05) is 0 Å². The summed E-state index contributed by atoms with van der Waals surface area (Å²) in [4.78, 5) is 0.277. The molecule has 0 unspecified atom stereocenters. The monoisotopic (exact) mass is 269 g/mol. The Morgan fingerprint density at radius 3 is 2.33 bits per heavy atom. The minimum Gasteiger partial charge on any atom is -0.324 e. The maximum Gasteiger partial charge on any atom is 0.240 e. The van der Waals surface area contributed by atoms with Crippen LogP contribution in [0, 0.1) is 5.92 Å². The van der Waals surface area contributed by atoms with Crippen molar-refractivity contribution in [1.82, 2.24) is 4.72 Å². The quantitative estimate of drug-likeness (QED) is 0.558. The molecule has 0 spiro atoms. The van der Waals surface area contributed by atoms with Crippen LogP contribution >= 0.6 is 0 Å². The number of rotatable bonds is 5. The fraction of sp³-hybridized carbons (Fsp3) is 0.500. The zero-order valence-corrected chi connectivity index (χ0v) is 11.0. The molecule has 0 aromatic heterocycles. The second-order valence-corrected chi connectivity index (χ2v) is 6.44. The third-order valence-corrected chi connectivity index (χ3v) is 4.81. The highest BCUT2D eigenvalue weighted by Gasteiger charge is 2.19. The van der Waals surface area contributed by atoms with Crippen molar-refractivity contribution < 1.29 is 8.42 Å². The van der Waals surface area contributed by atoms with E-state index in [1.165, 1.54) is 12.8 Å². The molecule has 1 saturated carbocycles. The molecule has 100 valence electrons. The van der Waals surface area contributed by atoms with Crippen LogP contribution in [0.3, 0.4) is 0 Å². The number of sulfonamides is 1. The Morgan fingerprint density at radius 2 is 1.78 bits per heavy atom. The first-order valence-electron chi connectivity index (χ1n) is 6.18. The van der Waals surface area contributed by atoms with Crippen molar-refractivity contribution >= 4 is 15.7 Å². The van der Waals surface area contributed by atoms with Gasteiger partial charge in [-0.1, -0.05) is 12.8 Å². The van der Waals surface area contributed by atoms with Crippen molar-refractivity contribution in [3.63, 3.8) is 0 Å². The van der Waals surface area contributed by atoms with Crippen molar-refractivity contribution in [3.05, 3.63) is 24.3 Å². The topological polar surface area (TPSA) is 84.2 Å². The molecule has 1 aromatic carbocycles. The van der Waals surface area contributed by atoms with Gasteiger partial charge in [-0.05, 0) is 43.0 Å². The van der Waals surface area contributed by atoms with Crippen LogP contribution in [0.1, 0.15) is 25.7 Å². The lowest BCUT2D eigenvalue weighted by molar-refractivity contribution is 0.519. The Morgan fingerprint density at radius 1 is 1.17 bits per heavy atom. The molecule has 1 fully saturated rings. The van der Waals surface area contributed by atoms with Crippen molar-refractivity contribution in [2.75, 3.05) is 12.0 Å². The molecule has 1 aliphatic rings. The van der Waals surface area contributed by atoms with E-state index in [2.05, 4.69) is 10.1 Å². The van der Waals surface area contributed by atoms with Gasteiger partial charge in [0.1, 0.15) is 0 Å². The first-order valence-corrected chi connectivity index (χ1v) is 7.66. The van der Waals surface area contributed by atoms with Crippen molar-refractivity contribution in [3.8, 4) is 0 Å². The molecule has 0 atom stereocenters. The summed E-state index contributed by atoms with van der Waals surface area (Å²) in [5.41, 5.74) is 3.15. The molecular formula is C12H19N3O2S. The fourth-order valence-corrected chi connectivity index (χ4v) is 3.37. The fourth-order valence-electron chi connectivity index (χ4n) is 2.26. The highest BCUT2D eigenvalue weighted by molar-refractivity contribution is 7.89. The molecular weight excluding hydrogens is 250 g/mol. The molecule has 0 bridgehead atoms. The number of nitrogen functional groups attached to an aromatic ring is 1. The molecule has 0 heterocycles. The van der Waals surface area contributed by atoms with E-state index < -0.39 is 10.0 Å². The largest absolute Gasteiger partial charge is 0.324 e. The lowest BCUT2D eigenvalue weighted by atomic mass is 10.1. The summed E-state index contributed by atoms with van der Waals surface area (Å²) >= 11 is 0. The SMILES string of the molecule is NNc1ccc(S(=O)(=O)NCC2CCCC2)cc1. The highest BCUT2D eigenvalue weighted by Crippen LogP contribution is 2.24. The average molecular weight is 269 g/mol. The van der Waals surface area contributed by atoms with Gasteiger partial charge in [0.05, 0.1) is 4.90 Å². The van der Waals surface area contributed by atoms with E-state index in [0.29, 0.717) is 18.2 Å². The number of anilines is 1. The van der Waals surface area contributed by atoms with E-state index in [1.54, 1.807) is 24.3 Å². The second kappa shape index (κ2) is 5.69. The van der Waals surface area contributed by atoms with Crippen LogP contribution in [-0.2, 0) is 10.0 Å². The van der Waals surface area contributed by atoms with Crippen molar-refractivity contribution in [1.29, 1.82) is 0 Å². The molecule has 1 aliphatic carbocycles. The van der Waals surface area contributed by atoms with Crippen LogP contribution in [0.15, 0.2) is 29.2 Å². The number of hydrogen-bond donors (Lipinski definition) is 3. The van der Waals surface area contributed by atoms with E-state index in [9.17, 15) is 8.42 Å². The normalized spacial score (nSPS) is 16.9. The zero-order valence-electron chi connectivity index (χ0n) is 10.2. The summed E-state index contributed by atoms with van der Waals surface area (Å²) in [6.07, 6.45) is 4.67. The van der Waals surface area contributed by atoms with E-state index in [4.69, 9.17) is 5.84 Å². The highest BCUT2D eigenvalue weighted by atomic mass is 32.2. The number of nitrogens with two attached hydrogens (primary N) is 1. The molecule has 0 amide bonds. The Balaban J connectivity index is 2.00. The van der Waals surface area contributed by atoms with Gasteiger partial charge in [-0.3, -0.25) is 5.84 Å². The van der Waals surface area contributed by atoms with Gasteiger partial charge in [0, 0.05) is 12.2 Å². The summed E-state index contributed by atoms with van der Waals surface area (Å²) < 4.78 is 26.7. The van der Waals surface area contributed by atoms with Crippen molar-refractivity contribution in [2.24, 2.45) is 11.8 Å². The molecule has 6 heteroatoms. The van der Waals surface area contributed by atoms with Gasteiger partial charge >= 0.3 is 0 Å². The Hall–Kier alpha value is -1.11. The van der Waals surface area contributed by atoms with Crippen LogP contribution in [0.4, 0.5) is 5.69 Å². The minimum atomic E-state index is -3.39. The number of benzene rings is 1. The number of hydrogen-bond acceptors (Lipinski definition) is 4. The second-order valence-electron chi connectivity index (χ2n) is 4.67. The summed E-state index contributed by atoms with van der Waals surface area (Å²) in [5, 5.41) is 0. The standard InChI is InChI=1S/C12H19N3O2S/c13-15-11-5-7-12(8-6-11)18(16,17)14-9-10-3-1-2-4-10/h5-8,10,14-15H,1-4,9,13H2. The van der Waals surface area contributed by atoms with Crippen LogP contribution in [0.5, 0.6) is 0 Å². The maximum atomic E-state index is 12.0. The Labute approximate surface area is 108 Å². The predicted molar refractivity (Wildman–Crippen MR) is 71.4 cm³/mol. The average Bonchev–Trinajstić information content (AvgIpc) is 2.90. The lowest BCUT2D eigenvalue weighted by Gasteiger charge is -2.11. The molecule has 0 saturated heterocycles. The van der Waals surface area contributed by atoms with Crippen LogP contribution in [0.25, 0.3) is 0 Å². The number of hydrazine groups is 1. The van der Waals surface area contributed by atoms with Gasteiger partial charge in [-0.25, -0.2) is 13.1 Å². The third kappa shape index (κ3) is 3.22. The van der Waals surface area contributed by atoms with Gasteiger partial charge in [0.2, 0.25) is 10.0 Å². The van der Waals surface area contributed by atoms with Crippen LogP contribution in [0.2, 0.25) is 0 Å². The van der Waals surface area contributed by atoms with Gasteiger partial charge in [-0.15, -0.1) is 0 Å². The summed E-state index contributed by atoms with van der Waals surface area (Å²) in [6, 6.07) is 6.38. The van der Waals surface area contributed by atoms with E-state index in [0.717, 1.165) is 12.8 Å². The zero-order chi connectivity index (χ0) is 13.0. The first kappa shape index (κ1) is 13.3. The molecule has 0 aliphatic heterocycles. The molecule has 1 aromatic rings. The Kier molecular flexibility index (Phi) is 4.21. The van der Waals surface area contributed by atoms with Gasteiger partial charge in [0.15, 0.2) is 0 Å². The maximum absolute atomic E-state index is 12.0. The van der Waals surface area contributed by atoms with Gasteiger partial charge in [0.25, 0.3) is 0 Å². The number of nitrogens with one attached hydrogen (secondary N) is 2. The minimum absolute atomic E-state index is 0.277. The molecule has 18 heavy (non-hydrogen) atoms. The summed E-state index contributed by atoms with van der Waals surface area (Å²) in [5.74, 6) is 5.73. The lowest BCUT2D eigenvalue weighted by Crippen LogP contribution is -2.28. The Bertz CT molecular complexity index is 479. The molecule has 0 radical (unpaired) electrons. The third-order valence-electron chi connectivity index (χ3n) is 3.37. The van der Waals surface area contributed by atoms with Gasteiger partial charge in [-0.2, -0.15) is 0 Å². The van der Waals surface area contributed by atoms with Crippen LogP contribution in [-0.4, -0.2) is 15.0 Å². The van der Waals surface area contributed by atoms with Gasteiger partial charge < -0.3 is 5.43 Å². The predicted octanol–water partition coefficient (Wildman–Crippen LogP) is 1.44. The molecule has 4 N–H and O–H groups in total. The smallest absolute Gasteiger partial charge is 0.240 e. The molecule has 5 nitrogen and oxygen atoms in total. The van der Waals surface area contributed by atoms with E-state index >= 15 is 0 Å². The first-order chi connectivity index (χ1) is 8.62. The van der Waals surface area contributed by atoms with E-state index in [-0.39, 0.29) is 4.90 Å². The summed E-state index contributed by atoms with van der Waals surface area (Å²) in [7, 11) is -3.39. The molecule has 2 rings (SSSR count). The van der Waals surface area contributed by atoms with Crippen molar-refractivity contribution in [2.45, 2.75) is 30.6 Å².